The van der Waals surface area contributed by atoms with Crippen LogP contribution in [0.25, 0.3) is 0 Å². The lowest BCUT2D eigenvalue weighted by molar-refractivity contribution is 0.109. The van der Waals surface area contributed by atoms with Crippen LogP contribution in [0.15, 0.2) is 0 Å². The molecule has 0 fully saturated rings. The highest BCUT2D eigenvalue weighted by molar-refractivity contribution is 5.68. The Labute approximate surface area is 89.9 Å². The van der Waals surface area contributed by atoms with Crippen molar-refractivity contribution >= 4 is 6.29 Å². The molecule has 0 saturated carbocycles. The van der Waals surface area contributed by atoms with Gasteiger partial charge in [-0.25, -0.2) is 4.68 Å². The molecule has 1 heterocycles. The Bertz CT molecular complexity index is 349. The van der Waals surface area contributed by atoms with Gasteiger partial charge in [0.15, 0.2) is 6.29 Å². The van der Waals surface area contributed by atoms with Gasteiger partial charge in [-0.1, -0.05) is 20.8 Å². The summed E-state index contributed by atoms with van der Waals surface area (Å²) in [7, 11) is 0. The Balaban J connectivity index is 3.00. The summed E-state index contributed by atoms with van der Waals surface area (Å²) in [6.45, 7) is 10.5. The van der Waals surface area contributed by atoms with E-state index in [0.29, 0.717) is 6.29 Å². The maximum Gasteiger partial charge on any atom is 0.215 e. The third-order valence-electron chi connectivity index (χ3n) is 2.14. The molecule has 0 aliphatic rings. The van der Waals surface area contributed by atoms with Crippen molar-refractivity contribution in [3.05, 3.63) is 5.82 Å². The summed E-state index contributed by atoms with van der Waals surface area (Å²) < 4.78 is 1.59. The summed E-state index contributed by atoms with van der Waals surface area (Å²) in [5, 5.41) is 11.1. The first-order chi connectivity index (χ1) is 6.76. The number of aldehydes is 1. The van der Waals surface area contributed by atoms with Crippen LogP contribution in [0.2, 0.25) is 0 Å². The maximum atomic E-state index is 10.7. The fourth-order valence-corrected chi connectivity index (χ4v) is 2.07. The highest BCUT2D eigenvalue weighted by atomic mass is 16.1. The number of hydrogen-bond donors (Lipinski definition) is 0. The topological polar surface area (TPSA) is 60.7 Å². The normalized spacial score (nSPS) is 12.9. The molecule has 0 saturated heterocycles. The van der Waals surface area contributed by atoms with Crippen LogP contribution in [0.3, 0.4) is 0 Å². The van der Waals surface area contributed by atoms with Gasteiger partial charge in [0.25, 0.3) is 0 Å². The maximum absolute atomic E-state index is 10.7. The molecule has 0 aromatic carbocycles. The molecule has 1 aromatic heterocycles. The minimum Gasteiger partial charge on any atom is -0.294 e. The molecule has 0 unspecified atom stereocenters. The standard InChI is InChI=1S/C10H18N4O/c1-9(2,3)7-10(4,5)14-8(6-15)11-12-13-14/h6H,7H2,1-5H3. The summed E-state index contributed by atoms with van der Waals surface area (Å²) >= 11 is 0. The highest BCUT2D eigenvalue weighted by Crippen LogP contribution is 2.31. The van der Waals surface area contributed by atoms with Gasteiger partial charge >= 0.3 is 0 Å². The second kappa shape index (κ2) is 3.72. The molecular formula is C10H18N4O. The molecule has 0 bridgehead atoms. The summed E-state index contributed by atoms with van der Waals surface area (Å²) in [5.74, 6) is 0.282. The van der Waals surface area contributed by atoms with Crippen molar-refractivity contribution in [2.45, 2.75) is 46.6 Å². The fourth-order valence-electron chi connectivity index (χ4n) is 2.07. The van der Waals surface area contributed by atoms with Crippen molar-refractivity contribution in [3.8, 4) is 0 Å². The lowest BCUT2D eigenvalue weighted by Crippen LogP contribution is -2.33. The number of hydrogen-bond acceptors (Lipinski definition) is 4. The van der Waals surface area contributed by atoms with E-state index in [-0.39, 0.29) is 16.8 Å². The second-order valence-electron chi connectivity index (χ2n) is 5.62. The predicted molar refractivity (Wildman–Crippen MR) is 56.6 cm³/mol. The zero-order valence-corrected chi connectivity index (χ0v) is 9.98. The van der Waals surface area contributed by atoms with Gasteiger partial charge in [0.05, 0.1) is 5.54 Å². The lowest BCUT2D eigenvalue weighted by Gasteiger charge is -2.32. The molecule has 0 radical (unpaired) electrons. The molecule has 0 N–H and O–H groups in total. The summed E-state index contributed by atoms with van der Waals surface area (Å²) in [5.41, 5.74) is -0.0897. The second-order valence-corrected chi connectivity index (χ2v) is 5.62. The van der Waals surface area contributed by atoms with Crippen LogP contribution in [-0.4, -0.2) is 26.5 Å². The first-order valence-corrected chi connectivity index (χ1v) is 5.00. The Morgan fingerprint density at radius 2 is 1.87 bits per heavy atom. The minimum absolute atomic E-state index is 0.162. The van der Waals surface area contributed by atoms with E-state index in [1.54, 1.807) is 4.68 Å². The lowest BCUT2D eigenvalue weighted by atomic mass is 9.82. The monoisotopic (exact) mass is 210 g/mol. The van der Waals surface area contributed by atoms with Gasteiger partial charge < -0.3 is 0 Å². The number of rotatable bonds is 3. The average molecular weight is 210 g/mol. The quantitative estimate of drug-likeness (QED) is 0.712. The van der Waals surface area contributed by atoms with E-state index in [0.717, 1.165) is 6.42 Å². The van der Waals surface area contributed by atoms with Crippen LogP contribution >= 0.6 is 0 Å². The van der Waals surface area contributed by atoms with Gasteiger partial charge in [0.2, 0.25) is 5.82 Å². The molecule has 0 spiro atoms. The SMILES string of the molecule is CC(C)(C)CC(C)(C)n1nnnc1C=O. The molecule has 15 heavy (non-hydrogen) atoms. The van der Waals surface area contributed by atoms with Gasteiger partial charge in [0, 0.05) is 0 Å². The fraction of sp³-hybridized carbons (Fsp3) is 0.800. The van der Waals surface area contributed by atoms with Crippen molar-refractivity contribution in [1.29, 1.82) is 0 Å². The van der Waals surface area contributed by atoms with Crippen LogP contribution < -0.4 is 0 Å². The van der Waals surface area contributed by atoms with Gasteiger partial charge in [0.1, 0.15) is 0 Å². The zero-order valence-electron chi connectivity index (χ0n) is 9.98. The van der Waals surface area contributed by atoms with E-state index < -0.39 is 0 Å². The summed E-state index contributed by atoms with van der Waals surface area (Å²) in [6.07, 6.45) is 1.58. The van der Waals surface area contributed by atoms with Crippen molar-refractivity contribution < 1.29 is 4.79 Å². The summed E-state index contributed by atoms with van der Waals surface area (Å²) in [4.78, 5) is 10.7. The Morgan fingerprint density at radius 3 is 2.33 bits per heavy atom. The molecule has 0 aliphatic heterocycles. The summed E-state index contributed by atoms with van der Waals surface area (Å²) in [6, 6.07) is 0. The van der Waals surface area contributed by atoms with Crippen LogP contribution in [0.5, 0.6) is 0 Å². The molecule has 1 rings (SSSR count). The van der Waals surface area contributed by atoms with E-state index in [2.05, 4.69) is 36.3 Å². The largest absolute Gasteiger partial charge is 0.294 e. The van der Waals surface area contributed by atoms with E-state index in [4.69, 9.17) is 0 Å². The van der Waals surface area contributed by atoms with E-state index >= 15 is 0 Å². The highest BCUT2D eigenvalue weighted by Gasteiger charge is 2.30. The molecule has 5 heteroatoms. The molecule has 0 atom stereocenters. The van der Waals surface area contributed by atoms with Crippen LogP contribution in [0, 0.1) is 5.41 Å². The van der Waals surface area contributed by atoms with E-state index in [1.165, 1.54) is 0 Å². The van der Waals surface area contributed by atoms with Gasteiger partial charge in [-0.3, -0.25) is 4.79 Å². The van der Waals surface area contributed by atoms with Crippen molar-refractivity contribution in [2.24, 2.45) is 5.41 Å². The van der Waals surface area contributed by atoms with Gasteiger partial charge in [-0.05, 0) is 36.1 Å². The number of carbonyl (C=O) groups is 1. The molecule has 0 amide bonds. The molecule has 84 valence electrons. The number of aromatic nitrogens is 4. The minimum atomic E-state index is -0.252. The van der Waals surface area contributed by atoms with Gasteiger partial charge in [-0.15, -0.1) is 5.10 Å². The Kier molecular flexibility index (Phi) is 2.93. The zero-order chi connectivity index (χ0) is 11.7. The van der Waals surface area contributed by atoms with Gasteiger partial charge in [-0.2, -0.15) is 0 Å². The van der Waals surface area contributed by atoms with Crippen molar-refractivity contribution in [1.82, 2.24) is 20.2 Å². The predicted octanol–water partition coefficient (Wildman–Crippen LogP) is 1.66. The van der Waals surface area contributed by atoms with Crippen LogP contribution in [0.4, 0.5) is 0 Å². The number of nitrogens with zero attached hydrogens (tertiary/aromatic N) is 4. The van der Waals surface area contributed by atoms with Crippen LogP contribution in [-0.2, 0) is 5.54 Å². The first kappa shape index (κ1) is 11.8. The first-order valence-electron chi connectivity index (χ1n) is 5.00. The van der Waals surface area contributed by atoms with Crippen LogP contribution in [0.1, 0.15) is 51.7 Å². The smallest absolute Gasteiger partial charge is 0.215 e. The molecule has 0 aliphatic carbocycles. The third-order valence-corrected chi connectivity index (χ3v) is 2.14. The van der Waals surface area contributed by atoms with E-state index in [1.807, 2.05) is 13.8 Å². The number of tetrazole rings is 1. The van der Waals surface area contributed by atoms with Crippen molar-refractivity contribution in [3.63, 3.8) is 0 Å². The number of carbonyl (C=O) groups excluding carboxylic acids is 1. The Hall–Kier alpha value is -1.26. The average Bonchev–Trinajstić information content (AvgIpc) is 2.46. The van der Waals surface area contributed by atoms with E-state index in [9.17, 15) is 4.79 Å². The molecular weight excluding hydrogens is 192 g/mol. The third kappa shape index (κ3) is 2.84. The molecule has 1 aromatic rings. The Morgan fingerprint density at radius 1 is 1.27 bits per heavy atom. The van der Waals surface area contributed by atoms with Crippen molar-refractivity contribution in [2.75, 3.05) is 0 Å². The molecule has 5 nitrogen and oxygen atoms in total.